The molecule has 21 heavy (non-hydrogen) atoms. The maximum Gasteiger partial charge on any atom is 0.271 e. The first-order valence-corrected chi connectivity index (χ1v) is 7.58. The summed E-state index contributed by atoms with van der Waals surface area (Å²) in [5.41, 5.74) is 1.49. The number of hydrogen-bond donors (Lipinski definition) is 0. The van der Waals surface area contributed by atoms with Gasteiger partial charge in [-0.2, -0.15) is 9.78 Å². The van der Waals surface area contributed by atoms with E-state index in [1.54, 1.807) is 12.1 Å². The quantitative estimate of drug-likeness (QED) is 0.796. The molecular formula is C16H15BrN2O2. The van der Waals surface area contributed by atoms with Crippen LogP contribution in [0.5, 0.6) is 0 Å². The molecule has 0 radical (unpaired) electrons. The first-order chi connectivity index (χ1) is 9.87. The molecule has 2 aromatic rings. The summed E-state index contributed by atoms with van der Waals surface area (Å²) in [5, 5.41) is 4.32. The number of benzene rings is 1. The Morgan fingerprint density at radius 3 is 2.62 bits per heavy atom. The van der Waals surface area contributed by atoms with Gasteiger partial charge in [0.2, 0.25) is 0 Å². The van der Waals surface area contributed by atoms with Crippen molar-refractivity contribution in [1.82, 2.24) is 9.78 Å². The molecule has 0 saturated carbocycles. The first-order valence-electron chi connectivity index (χ1n) is 6.79. The predicted octanol–water partition coefficient (Wildman–Crippen LogP) is 3.15. The minimum Gasteiger partial charge on any atom is -0.292 e. The lowest BCUT2D eigenvalue weighted by molar-refractivity contribution is 0.0903. The highest BCUT2D eigenvalue weighted by Gasteiger charge is 2.33. The van der Waals surface area contributed by atoms with E-state index in [1.807, 2.05) is 32.0 Å². The molecule has 1 heterocycles. The van der Waals surface area contributed by atoms with E-state index in [2.05, 4.69) is 21.0 Å². The molecule has 0 amide bonds. The summed E-state index contributed by atoms with van der Waals surface area (Å²) < 4.78 is 2.06. The molecule has 0 aliphatic heterocycles. The zero-order chi connectivity index (χ0) is 15.2. The van der Waals surface area contributed by atoms with Gasteiger partial charge in [0.15, 0.2) is 5.78 Å². The number of nitrogens with zero attached hydrogens (tertiary/aromatic N) is 2. The lowest BCUT2D eigenvalue weighted by atomic mass is 9.75. The average Bonchev–Trinajstić information content (AvgIpc) is 2.38. The van der Waals surface area contributed by atoms with Crippen molar-refractivity contribution in [2.24, 2.45) is 5.41 Å². The minimum atomic E-state index is -0.217. The summed E-state index contributed by atoms with van der Waals surface area (Å²) in [6.45, 7) is 4.07. The molecule has 1 aromatic heterocycles. The molecule has 1 aromatic carbocycles. The second kappa shape index (κ2) is 4.91. The molecule has 4 nitrogen and oxygen atoms in total. The van der Waals surface area contributed by atoms with Gasteiger partial charge in [-0.3, -0.25) is 9.59 Å². The summed E-state index contributed by atoms with van der Waals surface area (Å²) in [6.07, 6.45) is 1.16. The standard InChI is InChI=1S/C16H15BrN2O2/c1-16(2)8-10-7-14(21)19(18-15(10)13(20)9-16)12-6-4-3-5-11(12)17/h3-7H,8-9H2,1-2H3. The molecule has 5 heteroatoms. The van der Waals surface area contributed by atoms with Crippen molar-refractivity contribution < 1.29 is 4.79 Å². The Hall–Kier alpha value is -1.75. The smallest absolute Gasteiger partial charge is 0.271 e. The molecule has 1 aliphatic rings. The van der Waals surface area contributed by atoms with E-state index in [1.165, 1.54) is 4.68 Å². The maximum atomic E-state index is 12.3. The minimum absolute atomic E-state index is 0.00190. The Bertz CT molecular complexity index is 793. The van der Waals surface area contributed by atoms with Crippen molar-refractivity contribution in [3.8, 4) is 5.69 Å². The summed E-state index contributed by atoms with van der Waals surface area (Å²) >= 11 is 3.41. The van der Waals surface area contributed by atoms with Crippen LogP contribution in [-0.4, -0.2) is 15.6 Å². The number of halogens is 1. The van der Waals surface area contributed by atoms with E-state index in [-0.39, 0.29) is 16.8 Å². The van der Waals surface area contributed by atoms with Crippen LogP contribution in [0.3, 0.4) is 0 Å². The highest BCUT2D eigenvalue weighted by Crippen LogP contribution is 2.33. The third-order valence-electron chi connectivity index (χ3n) is 3.66. The number of fused-ring (bicyclic) bond motifs is 1. The van der Waals surface area contributed by atoms with Gasteiger partial charge in [-0.05, 0) is 45.5 Å². The van der Waals surface area contributed by atoms with Crippen molar-refractivity contribution >= 4 is 21.7 Å². The van der Waals surface area contributed by atoms with Crippen LogP contribution >= 0.6 is 15.9 Å². The van der Waals surface area contributed by atoms with Crippen LogP contribution < -0.4 is 5.56 Å². The number of rotatable bonds is 1. The van der Waals surface area contributed by atoms with Gasteiger partial charge in [-0.1, -0.05) is 26.0 Å². The second-order valence-electron chi connectivity index (χ2n) is 6.16. The molecule has 0 N–H and O–H groups in total. The number of aromatic nitrogens is 2. The molecule has 0 spiro atoms. The van der Waals surface area contributed by atoms with Gasteiger partial charge < -0.3 is 0 Å². The van der Waals surface area contributed by atoms with Gasteiger partial charge in [0, 0.05) is 17.0 Å². The van der Waals surface area contributed by atoms with E-state index in [0.29, 0.717) is 24.2 Å². The number of para-hydroxylation sites is 1. The normalized spacial score (nSPS) is 16.6. The van der Waals surface area contributed by atoms with Crippen molar-refractivity contribution in [1.29, 1.82) is 0 Å². The van der Waals surface area contributed by atoms with Crippen molar-refractivity contribution in [2.75, 3.05) is 0 Å². The lowest BCUT2D eigenvalue weighted by Gasteiger charge is -2.29. The molecule has 1 aliphatic carbocycles. The fraction of sp³-hybridized carbons (Fsp3) is 0.312. The molecule has 0 atom stereocenters. The van der Waals surface area contributed by atoms with Gasteiger partial charge in [-0.15, -0.1) is 0 Å². The van der Waals surface area contributed by atoms with Crippen LogP contribution in [0.4, 0.5) is 0 Å². The highest BCUT2D eigenvalue weighted by atomic mass is 79.9. The third kappa shape index (κ3) is 2.58. The Morgan fingerprint density at radius 1 is 1.19 bits per heavy atom. The topological polar surface area (TPSA) is 52.0 Å². The van der Waals surface area contributed by atoms with Gasteiger partial charge in [0.25, 0.3) is 5.56 Å². The number of hydrogen-bond acceptors (Lipinski definition) is 3. The largest absolute Gasteiger partial charge is 0.292 e. The number of ketones is 1. The van der Waals surface area contributed by atoms with Crippen LogP contribution in [0.25, 0.3) is 5.69 Å². The highest BCUT2D eigenvalue weighted by molar-refractivity contribution is 9.10. The number of carbonyl (C=O) groups is 1. The second-order valence-corrected chi connectivity index (χ2v) is 7.01. The summed E-state index contributed by atoms with van der Waals surface area (Å²) in [5.74, 6) is 0.00190. The van der Waals surface area contributed by atoms with Gasteiger partial charge >= 0.3 is 0 Å². The van der Waals surface area contributed by atoms with Crippen LogP contribution in [-0.2, 0) is 6.42 Å². The summed E-state index contributed by atoms with van der Waals surface area (Å²) in [4.78, 5) is 24.6. The monoisotopic (exact) mass is 346 g/mol. The van der Waals surface area contributed by atoms with E-state index in [9.17, 15) is 9.59 Å². The Morgan fingerprint density at radius 2 is 1.90 bits per heavy atom. The lowest BCUT2D eigenvalue weighted by Crippen LogP contribution is -2.33. The van der Waals surface area contributed by atoms with Gasteiger partial charge in [0.1, 0.15) is 5.69 Å². The molecule has 108 valence electrons. The Labute approximate surface area is 130 Å². The van der Waals surface area contributed by atoms with E-state index in [0.717, 1.165) is 10.0 Å². The van der Waals surface area contributed by atoms with Crippen LogP contribution in [0.15, 0.2) is 39.6 Å². The predicted molar refractivity (Wildman–Crippen MR) is 84.0 cm³/mol. The van der Waals surface area contributed by atoms with Crippen LogP contribution in [0.2, 0.25) is 0 Å². The fourth-order valence-electron chi connectivity index (χ4n) is 2.75. The number of carbonyl (C=O) groups excluding carboxylic acids is 1. The Kier molecular flexibility index (Phi) is 3.32. The molecule has 0 unspecified atom stereocenters. The molecule has 3 rings (SSSR count). The average molecular weight is 347 g/mol. The molecule has 0 bridgehead atoms. The summed E-state index contributed by atoms with van der Waals surface area (Å²) in [6, 6.07) is 8.87. The zero-order valence-electron chi connectivity index (χ0n) is 11.9. The van der Waals surface area contributed by atoms with Crippen LogP contribution in [0.1, 0.15) is 36.3 Å². The maximum absolute atomic E-state index is 12.3. The third-order valence-corrected chi connectivity index (χ3v) is 4.33. The SMILES string of the molecule is CC1(C)CC(=O)c2nn(-c3ccccc3Br)c(=O)cc2C1. The summed E-state index contributed by atoms with van der Waals surface area (Å²) in [7, 11) is 0. The van der Waals surface area contributed by atoms with Gasteiger partial charge in [-0.25, -0.2) is 0 Å². The molecule has 0 saturated heterocycles. The van der Waals surface area contributed by atoms with Crippen LogP contribution in [0, 0.1) is 5.41 Å². The Balaban J connectivity index is 2.20. The van der Waals surface area contributed by atoms with Crippen molar-refractivity contribution in [3.05, 3.63) is 56.4 Å². The first kappa shape index (κ1) is 14.2. The van der Waals surface area contributed by atoms with E-state index >= 15 is 0 Å². The fourth-order valence-corrected chi connectivity index (χ4v) is 3.21. The molecule has 0 fully saturated rings. The van der Waals surface area contributed by atoms with E-state index in [4.69, 9.17) is 0 Å². The number of Topliss-reactive ketones (excluding diaryl/α,β-unsaturated/α-hetero) is 1. The zero-order valence-corrected chi connectivity index (χ0v) is 13.5. The van der Waals surface area contributed by atoms with E-state index < -0.39 is 0 Å². The molecular weight excluding hydrogens is 332 g/mol. The van der Waals surface area contributed by atoms with Gasteiger partial charge in [0.05, 0.1) is 5.69 Å². The van der Waals surface area contributed by atoms with Crippen molar-refractivity contribution in [2.45, 2.75) is 26.7 Å². The van der Waals surface area contributed by atoms with Crippen molar-refractivity contribution in [3.63, 3.8) is 0 Å².